The summed E-state index contributed by atoms with van der Waals surface area (Å²) in [6.07, 6.45) is 7.98. The van der Waals surface area contributed by atoms with E-state index in [1.165, 1.54) is 24.0 Å². The van der Waals surface area contributed by atoms with Gasteiger partial charge in [-0.1, -0.05) is 13.0 Å². The lowest BCUT2D eigenvalue weighted by atomic mass is 9.55. The monoisotopic (exact) mass is 330 g/mol. The predicted molar refractivity (Wildman–Crippen MR) is 94.1 cm³/mol. The number of aliphatic hydroxyl groups excluding tert-OH is 2. The Labute approximate surface area is 144 Å². The Morgan fingerprint density at radius 2 is 2.00 bits per heavy atom. The summed E-state index contributed by atoms with van der Waals surface area (Å²) in [7, 11) is 0. The van der Waals surface area contributed by atoms with Crippen LogP contribution in [-0.4, -0.2) is 28.0 Å². The maximum absolute atomic E-state index is 10.5. The zero-order chi connectivity index (χ0) is 16.9. The second kappa shape index (κ2) is 6.03. The van der Waals surface area contributed by atoms with Crippen molar-refractivity contribution >= 4 is 0 Å². The molecule has 3 N–H and O–H groups in total. The molecule has 0 aliphatic heterocycles. The fraction of sp³-hybridized carbons (Fsp3) is 0.714. The highest BCUT2D eigenvalue weighted by molar-refractivity contribution is 5.45. The van der Waals surface area contributed by atoms with Gasteiger partial charge in [-0.3, -0.25) is 0 Å². The highest BCUT2D eigenvalue weighted by Crippen LogP contribution is 2.61. The van der Waals surface area contributed by atoms with Crippen LogP contribution in [0.25, 0.3) is 0 Å². The number of phenolic OH excluding ortho intramolecular Hbond substituents is 1. The Balaban J connectivity index is 1.66. The van der Waals surface area contributed by atoms with Crippen LogP contribution in [-0.2, 0) is 12.8 Å². The summed E-state index contributed by atoms with van der Waals surface area (Å²) >= 11 is 0. The number of hydrogen-bond donors (Lipinski definition) is 3. The van der Waals surface area contributed by atoms with Crippen LogP contribution in [0, 0.1) is 17.3 Å². The SMILES string of the molecule is C[C@]12CCC3c4cc(CCCO)c(O)cc4CCC3C1CC[C@@H]2O. The first-order valence-corrected chi connectivity index (χ1v) is 9.68. The molecular weight excluding hydrogens is 300 g/mol. The largest absolute Gasteiger partial charge is 0.508 e. The molecule has 3 aliphatic carbocycles. The molecular formula is C21H30O3. The van der Waals surface area contributed by atoms with E-state index in [1.807, 2.05) is 6.07 Å². The van der Waals surface area contributed by atoms with Gasteiger partial charge >= 0.3 is 0 Å². The molecule has 0 aromatic heterocycles. The standard InChI is InChI=1S/C21H30O3/c1-21-9-8-15-16(18(21)6-7-20(21)24)5-4-13-12-19(23)14(3-2-10-22)11-17(13)15/h11-12,15-16,18,20,22-24H,2-10H2,1H3/t15?,16?,18?,20-,21-/m0/s1. The molecule has 2 saturated carbocycles. The molecule has 5 atom stereocenters. The molecule has 3 unspecified atom stereocenters. The third-order valence-corrected chi connectivity index (χ3v) is 7.48. The average molecular weight is 330 g/mol. The number of fused-ring (bicyclic) bond motifs is 5. The van der Waals surface area contributed by atoms with E-state index in [4.69, 9.17) is 5.11 Å². The molecule has 0 heterocycles. The van der Waals surface area contributed by atoms with E-state index in [2.05, 4.69) is 13.0 Å². The fourth-order valence-electron chi connectivity index (χ4n) is 6.10. The topological polar surface area (TPSA) is 60.7 Å². The van der Waals surface area contributed by atoms with Crippen molar-refractivity contribution in [1.29, 1.82) is 0 Å². The highest BCUT2D eigenvalue weighted by Gasteiger charge is 2.54. The van der Waals surface area contributed by atoms with E-state index in [1.54, 1.807) is 0 Å². The minimum Gasteiger partial charge on any atom is -0.508 e. The Bertz CT molecular complexity index is 626. The summed E-state index contributed by atoms with van der Waals surface area (Å²) in [5, 5.41) is 29.9. The van der Waals surface area contributed by atoms with E-state index in [0.29, 0.717) is 29.9 Å². The Morgan fingerprint density at radius 1 is 1.17 bits per heavy atom. The summed E-state index contributed by atoms with van der Waals surface area (Å²) in [5.41, 5.74) is 3.88. The van der Waals surface area contributed by atoms with Gasteiger partial charge < -0.3 is 15.3 Å². The molecule has 24 heavy (non-hydrogen) atoms. The number of aliphatic hydroxyl groups is 2. The molecule has 0 spiro atoms. The van der Waals surface area contributed by atoms with E-state index in [0.717, 1.165) is 37.7 Å². The quantitative estimate of drug-likeness (QED) is 0.794. The van der Waals surface area contributed by atoms with Crippen molar-refractivity contribution in [2.24, 2.45) is 17.3 Å². The first-order valence-electron chi connectivity index (χ1n) is 9.68. The number of aromatic hydroxyl groups is 1. The summed E-state index contributed by atoms with van der Waals surface area (Å²) < 4.78 is 0. The Hall–Kier alpha value is -1.06. The van der Waals surface area contributed by atoms with Gasteiger partial charge in [-0.25, -0.2) is 0 Å². The molecule has 3 nitrogen and oxygen atoms in total. The van der Waals surface area contributed by atoms with Gasteiger partial charge in [-0.2, -0.15) is 0 Å². The Morgan fingerprint density at radius 3 is 2.79 bits per heavy atom. The van der Waals surface area contributed by atoms with Crippen molar-refractivity contribution in [3.63, 3.8) is 0 Å². The van der Waals surface area contributed by atoms with E-state index >= 15 is 0 Å². The number of phenols is 1. The summed E-state index contributed by atoms with van der Waals surface area (Å²) in [6.45, 7) is 2.48. The van der Waals surface area contributed by atoms with Gasteiger partial charge in [-0.15, -0.1) is 0 Å². The van der Waals surface area contributed by atoms with Crippen molar-refractivity contribution in [3.8, 4) is 5.75 Å². The van der Waals surface area contributed by atoms with Crippen LogP contribution in [0.1, 0.15) is 68.1 Å². The molecule has 2 fully saturated rings. The molecule has 0 saturated heterocycles. The van der Waals surface area contributed by atoms with Gasteiger partial charge in [0.15, 0.2) is 0 Å². The number of benzene rings is 1. The van der Waals surface area contributed by atoms with Crippen molar-refractivity contribution in [2.45, 2.75) is 70.3 Å². The van der Waals surface area contributed by atoms with Gasteiger partial charge in [0.2, 0.25) is 0 Å². The maximum atomic E-state index is 10.5. The minimum absolute atomic E-state index is 0.120. The van der Waals surface area contributed by atoms with Crippen LogP contribution < -0.4 is 0 Å². The smallest absolute Gasteiger partial charge is 0.119 e. The van der Waals surface area contributed by atoms with Gasteiger partial charge in [0.1, 0.15) is 5.75 Å². The van der Waals surface area contributed by atoms with E-state index in [9.17, 15) is 10.2 Å². The number of hydrogen-bond acceptors (Lipinski definition) is 3. The van der Waals surface area contributed by atoms with Crippen LogP contribution in [0.5, 0.6) is 5.75 Å². The Kier molecular flexibility index (Phi) is 4.12. The molecule has 1 aromatic carbocycles. The lowest BCUT2D eigenvalue weighted by Crippen LogP contribution is -2.43. The summed E-state index contributed by atoms with van der Waals surface area (Å²) in [6, 6.07) is 4.21. The second-order valence-electron chi connectivity index (χ2n) is 8.56. The molecule has 132 valence electrons. The molecule has 3 aliphatic rings. The molecule has 1 aromatic rings. The maximum Gasteiger partial charge on any atom is 0.119 e. The lowest BCUT2D eigenvalue weighted by molar-refractivity contribution is -0.0226. The fourth-order valence-corrected chi connectivity index (χ4v) is 6.10. The van der Waals surface area contributed by atoms with Crippen molar-refractivity contribution < 1.29 is 15.3 Å². The third kappa shape index (κ3) is 2.40. The van der Waals surface area contributed by atoms with E-state index < -0.39 is 0 Å². The van der Waals surface area contributed by atoms with Gasteiger partial charge in [0.25, 0.3) is 0 Å². The highest BCUT2D eigenvalue weighted by atomic mass is 16.3. The molecule has 0 bridgehead atoms. The van der Waals surface area contributed by atoms with Gasteiger partial charge in [0, 0.05) is 6.61 Å². The van der Waals surface area contributed by atoms with Crippen molar-refractivity contribution in [3.05, 3.63) is 28.8 Å². The minimum atomic E-state index is -0.121. The first kappa shape index (κ1) is 16.4. The van der Waals surface area contributed by atoms with Crippen LogP contribution in [0.15, 0.2) is 12.1 Å². The average Bonchev–Trinajstić information content (AvgIpc) is 2.88. The predicted octanol–water partition coefficient (Wildman–Crippen LogP) is 3.53. The van der Waals surface area contributed by atoms with Crippen molar-refractivity contribution in [2.75, 3.05) is 6.61 Å². The van der Waals surface area contributed by atoms with Crippen LogP contribution in [0.3, 0.4) is 0 Å². The van der Waals surface area contributed by atoms with Gasteiger partial charge in [-0.05, 0) is 97.3 Å². The van der Waals surface area contributed by atoms with E-state index in [-0.39, 0.29) is 18.1 Å². The molecule has 0 radical (unpaired) electrons. The van der Waals surface area contributed by atoms with Crippen molar-refractivity contribution in [1.82, 2.24) is 0 Å². The van der Waals surface area contributed by atoms with Gasteiger partial charge in [0.05, 0.1) is 6.10 Å². The lowest BCUT2D eigenvalue weighted by Gasteiger charge is -2.50. The number of rotatable bonds is 3. The molecule has 4 rings (SSSR count). The van der Waals surface area contributed by atoms with Crippen LogP contribution in [0.2, 0.25) is 0 Å². The zero-order valence-electron chi connectivity index (χ0n) is 14.7. The molecule has 0 amide bonds. The third-order valence-electron chi connectivity index (χ3n) is 7.48. The first-order chi connectivity index (χ1) is 11.5. The van der Waals surface area contributed by atoms with Crippen LogP contribution in [0.4, 0.5) is 0 Å². The number of aryl methyl sites for hydroxylation is 2. The second-order valence-corrected chi connectivity index (χ2v) is 8.56. The summed E-state index contributed by atoms with van der Waals surface area (Å²) in [4.78, 5) is 0. The normalized spacial score (nSPS) is 37.6. The zero-order valence-corrected chi connectivity index (χ0v) is 14.7. The molecule has 3 heteroatoms. The summed E-state index contributed by atoms with van der Waals surface area (Å²) in [5.74, 6) is 2.32. The van der Waals surface area contributed by atoms with Crippen LogP contribution >= 0.6 is 0 Å².